The van der Waals surface area contributed by atoms with Gasteiger partial charge in [-0.1, -0.05) is 0 Å². The summed E-state index contributed by atoms with van der Waals surface area (Å²) < 4.78 is 0.791. The molecule has 0 spiro atoms. The Labute approximate surface area is 102 Å². The summed E-state index contributed by atoms with van der Waals surface area (Å²) in [7, 11) is 1.91. The summed E-state index contributed by atoms with van der Waals surface area (Å²) in [6.07, 6.45) is 2.30. The Morgan fingerprint density at radius 1 is 1.67 bits per heavy atom. The Balaban J connectivity index is 2.89. The number of halogens is 2. The summed E-state index contributed by atoms with van der Waals surface area (Å²) in [5, 5.41) is 9.08. The molecule has 1 heterocycles. The predicted molar refractivity (Wildman–Crippen MR) is 64.3 cm³/mol. The zero-order valence-electron chi connectivity index (χ0n) is 8.61. The molecule has 0 fully saturated rings. The molecule has 0 aliphatic heterocycles. The molecule has 0 aliphatic rings. The normalized spacial score (nSPS) is 12.6. The lowest BCUT2D eigenvalue weighted by Crippen LogP contribution is -2.30. The van der Waals surface area contributed by atoms with Crippen LogP contribution >= 0.6 is 27.5 Å². The van der Waals surface area contributed by atoms with Gasteiger partial charge in [-0.3, -0.25) is 0 Å². The van der Waals surface area contributed by atoms with Crippen LogP contribution in [0.15, 0.2) is 10.7 Å². The van der Waals surface area contributed by atoms with Gasteiger partial charge in [-0.15, -0.1) is 0 Å². The summed E-state index contributed by atoms with van der Waals surface area (Å²) in [6, 6.07) is 0.192. The molecule has 0 amide bonds. The van der Waals surface area contributed by atoms with Gasteiger partial charge in [0.2, 0.25) is 5.28 Å². The van der Waals surface area contributed by atoms with E-state index in [2.05, 4.69) is 25.9 Å². The van der Waals surface area contributed by atoms with Gasteiger partial charge in [0, 0.05) is 25.9 Å². The Hall–Kier alpha value is -0.390. The van der Waals surface area contributed by atoms with Gasteiger partial charge in [0.15, 0.2) is 0 Å². The summed E-state index contributed by atoms with van der Waals surface area (Å²) in [6.45, 7) is 2.17. The summed E-state index contributed by atoms with van der Waals surface area (Å²) in [5.41, 5.74) is 0. The van der Waals surface area contributed by atoms with Crippen molar-refractivity contribution in [1.82, 2.24) is 9.97 Å². The first kappa shape index (κ1) is 12.7. The van der Waals surface area contributed by atoms with Gasteiger partial charge in [-0.25, -0.2) is 4.98 Å². The van der Waals surface area contributed by atoms with Crippen LogP contribution in [0.4, 0.5) is 5.82 Å². The Morgan fingerprint density at radius 3 is 2.93 bits per heavy atom. The van der Waals surface area contributed by atoms with E-state index in [1.54, 1.807) is 6.20 Å². The van der Waals surface area contributed by atoms with Crippen LogP contribution in [0.1, 0.15) is 13.3 Å². The van der Waals surface area contributed by atoms with E-state index in [1.807, 2.05) is 18.9 Å². The van der Waals surface area contributed by atoms with Crippen molar-refractivity contribution in [3.05, 3.63) is 16.0 Å². The second kappa shape index (κ2) is 5.63. The van der Waals surface area contributed by atoms with Gasteiger partial charge < -0.3 is 10.0 Å². The first-order chi connectivity index (χ1) is 7.06. The molecule has 0 aliphatic carbocycles. The molecule has 84 valence electrons. The van der Waals surface area contributed by atoms with Crippen molar-refractivity contribution in [2.75, 3.05) is 18.6 Å². The first-order valence-electron chi connectivity index (χ1n) is 4.58. The number of anilines is 1. The molecular formula is C9H13BrClN3O. The average Bonchev–Trinajstić information content (AvgIpc) is 2.21. The minimum Gasteiger partial charge on any atom is -0.396 e. The molecule has 0 saturated heterocycles. The second-order valence-corrected chi connectivity index (χ2v) is 4.48. The quantitative estimate of drug-likeness (QED) is 0.864. The minimum atomic E-state index is 0.155. The Bertz CT molecular complexity index is 337. The van der Waals surface area contributed by atoms with Crippen LogP contribution in [-0.2, 0) is 0 Å². The van der Waals surface area contributed by atoms with Crippen LogP contribution in [0, 0.1) is 0 Å². The van der Waals surface area contributed by atoms with E-state index >= 15 is 0 Å². The molecule has 0 aromatic carbocycles. The number of aliphatic hydroxyl groups excluding tert-OH is 1. The van der Waals surface area contributed by atoms with Crippen molar-refractivity contribution in [2.24, 2.45) is 0 Å². The Morgan fingerprint density at radius 2 is 2.33 bits per heavy atom. The third-order valence-corrected chi connectivity index (χ3v) is 2.98. The smallest absolute Gasteiger partial charge is 0.224 e. The molecule has 0 bridgehead atoms. The molecule has 6 heteroatoms. The van der Waals surface area contributed by atoms with E-state index in [0.717, 1.165) is 10.3 Å². The maximum Gasteiger partial charge on any atom is 0.224 e. The van der Waals surface area contributed by atoms with Crippen molar-refractivity contribution in [2.45, 2.75) is 19.4 Å². The van der Waals surface area contributed by atoms with Gasteiger partial charge in [0.1, 0.15) is 5.82 Å². The van der Waals surface area contributed by atoms with E-state index in [1.165, 1.54) is 0 Å². The number of hydrogen-bond donors (Lipinski definition) is 1. The minimum absolute atomic E-state index is 0.155. The largest absolute Gasteiger partial charge is 0.396 e. The van der Waals surface area contributed by atoms with Crippen molar-refractivity contribution in [1.29, 1.82) is 0 Å². The van der Waals surface area contributed by atoms with Crippen LogP contribution in [-0.4, -0.2) is 34.8 Å². The molecule has 1 unspecified atom stereocenters. The van der Waals surface area contributed by atoms with Crippen molar-refractivity contribution in [3.63, 3.8) is 0 Å². The number of hydrogen-bond acceptors (Lipinski definition) is 4. The average molecular weight is 295 g/mol. The molecule has 0 radical (unpaired) electrons. The van der Waals surface area contributed by atoms with Gasteiger partial charge in [-0.2, -0.15) is 4.98 Å². The van der Waals surface area contributed by atoms with Crippen molar-refractivity contribution < 1.29 is 5.11 Å². The first-order valence-corrected chi connectivity index (χ1v) is 5.75. The number of aliphatic hydroxyl groups is 1. The monoisotopic (exact) mass is 293 g/mol. The fourth-order valence-corrected chi connectivity index (χ4v) is 1.77. The molecular weight excluding hydrogens is 281 g/mol. The highest BCUT2D eigenvalue weighted by molar-refractivity contribution is 9.10. The highest BCUT2D eigenvalue weighted by atomic mass is 79.9. The highest BCUT2D eigenvalue weighted by Gasteiger charge is 2.14. The van der Waals surface area contributed by atoms with E-state index in [-0.39, 0.29) is 17.9 Å². The second-order valence-electron chi connectivity index (χ2n) is 3.28. The van der Waals surface area contributed by atoms with Gasteiger partial charge in [0.25, 0.3) is 0 Å². The van der Waals surface area contributed by atoms with Crippen LogP contribution in [0.5, 0.6) is 0 Å². The predicted octanol–water partition coefficient (Wildman–Crippen LogP) is 2.10. The lowest BCUT2D eigenvalue weighted by molar-refractivity contribution is 0.277. The van der Waals surface area contributed by atoms with Crippen LogP contribution < -0.4 is 4.90 Å². The molecule has 1 aromatic heterocycles. The van der Waals surface area contributed by atoms with E-state index in [0.29, 0.717) is 6.42 Å². The SMILES string of the molecule is CC(CCO)N(C)c1nc(Cl)ncc1Br. The van der Waals surface area contributed by atoms with Gasteiger partial charge >= 0.3 is 0 Å². The highest BCUT2D eigenvalue weighted by Crippen LogP contribution is 2.25. The number of aromatic nitrogens is 2. The molecule has 15 heavy (non-hydrogen) atoms. The lowest BCUT2D eigenvalue weighted by Gasteiger charge is -2.26. The third-order valence-electron chi connectivity index (χ3n) is 2.24. The van der Waals surface area contributed by atoms with E-state index < -0.39 is 0 Å². The van der Waals surface area contributed by atoms with Crippen molar-refractivity contribution in [3.8, 4) is 0 Å². The maximum absolute atomic E-state index is 8.86. The fourth-order valence-electron chi connectivity index (χ4n) is 1.17. The summed E-state index contributed by atoms with van der Waals surface area (Å²) in [5.74, 6) is 0.732. The zero-order valence-corrected chi connectivity index (χ0v) is 11.0. The van der Waals surface area contributed by atoms with Gasteiger partial charge in [0.05, 0.1) is 4.47 Å². The van der Waals surface area contributed by atoms with Gasteiger partial charge in [-0.05, 0) is 40.9 Å². The molecule has 1 N–H and O–H groups in total. The number of rotatable bonds is 4. The van der Waals surface area contributed by atoms with Crippen molar-refractivity contribution >= 4 is 33.3 Å². The molecule has 1 atom stereocenters. The topological polar surface area (TPSA) is 49.2 Å². The van der Waals surface area contributed by atoms with E-state index in [4.69, 9.17) is 16.7 Å². The van der Waals surface area contributed by atoms with Crippen LogP contribution in [0.25, 0.3) is 0 Å². The standard InChI is InChI=1S/C9H13BrClN3O/c1-6(3-4-15)14(2)8-7(10)5-12-9(11)13-8/h5-6,15H,3-4H2,1-2H3. The van der Waals surface area contributed by atoms with Crippen LogP contribution in [0.2, 0.25) is 5.28 Å². The lowest BCUT2D eigenvalue weighted by atomic mass is 10.2. The third kappa shape index (κ3) is 3.29. The maximum atomic E-state index is 8.86. The number of nitrogens with zero attached hydrogens (tertiary/aromatic N) is 3. The summed E-state index contributed by atoms with van der Waals surface area (Å²) >= 11 is 9.09. The van der Waals surface area contributed by atoms with Crippen LogP contribution in [0.3, 0.4) is 0 Å². The fraction of sp³-hybridized carbons (Fsp3) is 0.556. The Kier molecular flexibility index (Phi) is 4.76. The molecule has 1 aromatic rings. The molecule has 4 nitrogen and oxygen atoms in total. The van der Waals surface area contributed by atoms with E-state index in [9.17, 15) is 0 Å². The molecule has 0 saturated carbocycles. The summed E-state index contributed by atoms with van der Waals surface area (Å²) in [4.78, 5) is 9.94. The zero-order chi connectivity index (χ0) is 11.4. The molecule has 1 rings (SSSR count).